The molecule has 0 bridgehead atoms. The molecule has 86 valence electrons. The number of nitrogens with zero attached hydrogens (tertiary/aromatic N) is 1. The molecule has 0 aliphatic heterocycles. The van der Waals surface area contributed by atoms with Crippen molar-refractivity contribution >= 4 is 11.8 Å². The van der Waals surface area contributed by atoms with Gasteiger partial charge in [0.25, 0.3) is 0 Å². The van der Waals surface area contributed by atoms with Gasteiger partial charge < -0.3 is 5.11 Å². The van der Waals surface area contributed by atoms with Gasteiger partial charge in [0, 0.05) is 16.1 Å². The molecular weight excluding hydrogens is 218 g/mol. The SMILES string of the molecule is CC(C)(Sc1ccccc1)C(O)CCC#N. The molecule has 0 aromatic heterocycles. The van der Waals surface area contributed by atoms with Gasteiger partial charge in [-0.2, -0.15) is 5.26 Å². The van der Waals surface area contributed by atoms with E-state index >= 15 is 0 Å². The van der Waals surface area contributed by atoms with E-state index in [1.807, 2.05) is 44.2 Å². The smallest absolute Gasteiger partial charge is 0.0694 e. The van der Waals surface area contributed by atoms with Crippen LogP contribution in [0.15, 0.2) is 35.2 Å². The van der Waals surface area contributed by atoms with Gasteiger partial charge in [-0.3, -0.25) is 0 Å². The lowest BCUT2D eigenvalue weighted by Crippen LogP contribution is -2.32. The van der Waals surface area contributed by atoms with E-state index in [2.05, 4.69) is 6.07 Å². The number of thioether (sulfide) groups is 1. The van der Waals surface area contributed by atoms with Crippen LogP contribution in [-0.2, 0) is 0 Å². The number of aliphatic hydroxyl groups is 1. The molecule has 0 saturated heterocycles. The van der Waals surface area contributed by atoms with Gasteiger partial charge in [0.1, 0.15) is 0 Å². The molecule has 0 aliphatic carbocycles. The van der Waals surface area contributed by atoms with Crippen LogP contribution < -0.4 is 0 Å². The van der Waals surface area contributed by atoms with Crippen LogP contribution in [0.25, 0.3) is 0 Å². The highest BCUT2D eigenvalue weighted by molar-refractivity contribution is 8.00. The summed E-state index contributed by atoms with van der Waals surface area (Å²) >= 11 is 1.65. The van der Waals surface area contributed by atoms with E-state index in [1.54, 1.807) is 11.8 Å². The predicted octanol–water partition coefficient (Wildman–Crippen LogP) is 3.22. The maximum atomic E-state index is 10.00. The number of nitriles is 1. The van der Waals surface area contributed by atoms with Crippen LogP contribution in [-0.4, -0.2) is 16.0 Å². The van der Waals surface area contributed by atoms with Crippen LogP contribution in [0.4, 0.5) is 0 Å². The van der Waals surface area contributed by atoms with Gasteiger partial charge in [-0.05, 0) is 32.4 Å². The summed E-state index contributed by atoms with van der Waals surface area (Å²) in [6.45, 7) is 4.01. The van der Waals surface area contributed by atoms with Crippen molar-refractivity contribution in [2.75, 3.05) is 0 Å². The summed E-state index contributed by atoms with van der Waals surface area (Å²) in [7, 11) is 0. The van der Waals surface area contributed by atoms with Crippen LogP contribution >= 0.6 is 11.8 Å². The van der Waals surface area contributed by atoms with Crippen molar-refractivity contribution in [2.24, 2.45) is 0 Å². The van der Waals surface area contributed by atoms with E-state index in [-0.39, 0.29) is 4.75 Å². The number of rotatable bonds is 5. The predicted molar refractivity (Wildman–Crippen MR) is 67.2 cm³/mol. The van der Waals surface area contributed by atoms with Gasteiger partial charge in [-0.25, -0.2) is 0 Å². The number of hydrogen-bond donors (Lipinski definition) is 1. The van der Waals surface area contributed by atoms with Crippen molar-refractivity contribution in [2.45, 2.75) is 42.4 Å². The summed E-state index contributed by atoms with van der Waals surface area (Å²) in [6, 6.07) is 12.1. The molecule has 1 N–H and O–H groups in total. The van der Waals surface area contributed by atoms with Crippen LogP contribution in [0.1, 0.15) is 26.7 Å². The molecular formula is C13H17NOS. The zero-order valence-corrected chi connectivity index (χ0v) is 10.5. The third-order valence-electron chi connectivity index (χ3n) is 2.46. The first-order valence-electron chi connectivity index (χ1n) is 5.35. The highest BCUT2D eigenvalue weighted by Crippen LogP contribution is 2.36. The van der Waals surface area contributed by atoms with Crippen LogP contribution in [0.2, 0.25) is 0 Å². The summed E-state index contributed by atoms with van der Waals surface area (Å²) in [5, 5.41) is 18.5. The largest absolute Gasteiger partial charge is 0.392 e. The lowest BCUT2D eigenvalue weighted by Gasteiger charge is -2.29. The standard InChI is InChI=1S/C13H17NOS/c1-13(2,12(15)9-6-10-14)16-11-7-4-3-5-8-11/h3-5,7-8,12,15H,6,9H2,1-2H3. The third kappa shape index (κ3) is 3.88. The Morgan fingerprint density at radius 2 is 2.00 bits per heavy atom. The molecule has 3 heteroatoms. The molecule has 2 nitrogen and oxygen atoms in total. The molecule has 0 saturated carbocycles. The molecule has 1 atom stereocenters. The first-order chi connectivity index (χ1) is 7.56. The van der Waals surface area contributed by atoms with Crippen LogP contribution in [0.3, 0.4) is 0 Å². The van der Waals surface area contributed by atoms with Crippen molar-refractivity contribution in [3.8, 4) is 6.07 Å². The van der Waals surface area contributed by atoms with Gasteiger partial charge in [0.2, 0.25) is 0 Å². The van der Waals surface area contributed by atoms with Crippen molar-refractivity contribution in [3.05, 3.63) is 30.3 Å². The number of aliphatic hydroxyl groups excluding tert-OH is 1. The summed E-state index contributed by atoms with van der Waals surface area (Å²) in [5.41, 5.74) is 0. The van der Waals surface area contributed by atoms with E-state index in [0.717, 1.165) is 4.90 Å². The van der Waals surface area contributed by atoms with Crippen LogP contribution in [0, 0.1) is 11.3 Å². The molecule has 0 heterocycles. The summed E-state index contributed by atoms with van der Waals surface area (Å²) in [4.78, 5) is 1.14. The highest BCUT2D eigenvalue weighted by atomic mass is 32.2. The summed E-state index contributed by atoms with van der Waals surface area (Å²) < 4.78 is -0.266. The summed E-state index contributed by atoms with van der Waals surface area (Å²) in [5.74, 6) is 0. The molecule has 1 aromatic carbocycles. The van der Waals surface area contributed by atoms with E-state index in [9.17, 15) is 5.11 Å². The molecule has 1 rings (SSSR count). The minimum absolute atomic E-state index is 0.266. The normalized spacial score (nSPS) is 13.1. The summed E-state index contributed by atoms with van der Waals surface area (Å²) in [6.07, 6.45) is 0.473. The zero-order valence-electron chi connectivity index (χ0n) is 9.68. The molecule has 0 radical (unpaired) electrons. The second-order valence-electron chi connectivity index (χ2n) is 4.23. The van der Waals surface area contributed by atoms with Crippen molar-refractivity contribution in [1.29, 1.82) is 5.26 Å². The Kier molecular flexibility index (Phi) is 4.85. The minimum atomic E-state index is -0.461. The van der Waals surface area contributed by atoms with E-state index in [0.29, 0.717) is 12.8 Å². The quantitative estimate of drug-likeness (QED) is 0.797. The molecule has 16 heavy (non-hydrogen) atoms. The molecule has 1 unspecified atom stereocenters. The lowest BCUT2D eigenvalue weighted by atomic mass is 10.0. The fourth-order valence-corrected chi connectivity index (χ4v) is 2.56. The maximum Gasteiger partial charge on any atom is 0.0694 e. The molecule has 0 spiro atoms. The fourth-order valence-electron chi connectivity index (χ4n) is 1.41. The van der Waals surface area contributed by atoms with Gasteiger partial charge >= 0.3 is 0 Å². The molecule has 0 amide bonds. The monoisotopic (exact) mass is 235 g/mol. The first kappa shape index (κ1) is 13.1. The molecule has 1 aromatic rings. The Hall–Kier alpha value is -0.980. The average molecular weight is 235 g/mol. The highest BCUT2D eigenvalue weighted by Gasteiger charge is 2.28. The topological polar surface area (TPSA) is 44.0 Å². The van der Waals surface area contributed by atoms with Gasteiger partial charge in [0.05, 0.1) is 12.2 Å². The average Bonchev–Trinajstić information content (AvgIpc) is 2.26. The Morgan fingerprint density at radius 1 is 1.38 bits per heavy atom. The van der Waals surface area contributed by atoms with Crippen LogP contribution in [0.5, 0.6) is 0 Å². The number of benzene rings is 1. The Labute approximate surface area is 101 Å². The van der Waals surface area contributed by atoms with Crippen molar-refractivity contribution in [1.82, 2.24) is 0 Å². The minimum Gasteiger partial charge on any atom is -0.392 e. The molecule has 0 fully saturated rings. The second kappa shape index (κ2) is 5.93. The van der Waals surface area contributed by atoms with E-state index in [1.165, 1.54) is 0 Å². The Balaban J connectivity index is 2.61. The second-order valence-corrected chi connectivity index (χ2v) is 5.96. The third-order valence-corrected chi connectivity index (χ3v) is 3.76. The first-order valence-corrected chi connectivity index (χ1v) is 6.17. The van der Waals surface area contributed by atoms with Gasteiger partial charge in [0.15, 0.2) is 0 Å². The van der Waals surface area contributed by atoms with Gasteiger partial charge in [-0.15, -0.1) is 11.8 Å². The lowest BCUT2D eigenvalue weighted by molar-refractivity contribution is 0.134. The maximum absolute atomic E-state index is 10.00. The van der Waals surface area contributed by atoms with Crippen molar-refractivity contribution < 1.29 is 5.11 Å². The van der Waals surface area contributed by atoms with Gasteiger partial charge in [-0.1, -0.05) is 18.2 Å². The zero-order chi connectivity index (χ0) is 12.0. The van der Waals surface area contributed by atoms with E-state index in [4.69, 9.17) is 5.26 Å². The number of hydrogen-bond acceptors (Lipinski definition) is 3. The Bertz CT molecular complexity index is 356. The molecule has 0 aliphatic rings. The Morgan fingerprint density at radius 3 is 2.56 bits per heavy atom. The van der Waals surface area contributed by atoms with E-state index < -0.39 is 6.10 Å². The van der Waals surface area contributed by atoms with Crippen molar-refractivity contribution in [3.63, 3.8) is 0 Å². The fraction of sp³-hybridized carbons (Fsp3) is 0.462.